The van der Waals surface area contributed by atoms with Crippen LogP contribution in [-0.4, -0.2) is 25.8 Å². The molecule has 0 aromatic carbocycles. The lowest BCUT2D eigenvalue weighted by Gasteiger charge is -2.19. The monoisotopic (exact) mass is 275 g/mol. The number of hydrogen-bond acceptors (Lipinski definition) is 3. The molecule has 0 saturated heterocycles. The number of rotatable bonds is 8. The van der Waals surface area contributed by atoms with Crippen LogP contribution >= 0.6 is 22.9 Å². The molecule has 1 aromatic heterocycles. The fourth-order valence-corrected chi connectivity index (χ4v) is 3.01. The molecule has 98 valence electrons. The van der Waals surface area contributed by atoms with E-state index in [1.165, 1.54) is 4.88 Å². The van der Waals surface area contributed by atoms with Crippen molar-refractivity contribution in [3.63, 3.8) is 0 Å². The molecule has 0 aliphatic rings. The lowest BCUT2D eigenvalue weighted by molar-refractivity contribution is 0.106. The van der Waals surface area contributed by atoms with Gasteiger partial charge in [-0.2, -0.15) is 0 Å². The van der Waals surface area contributed by atoms with Crippen molar-refractivity contribution in [2.75, 3.05) is 13.7 Å². The van der Waals surface area contributed by atoms with E-state index >= 15 is 0 Å². The summed E-state index contributed by atoms with van der Waals surface area (Å²) in [5, 5.41) is 6.47. The molecule has 0 saturated carbocycles. The van der Waals surface area contributed by atoms with Gasteiger partial charge in [-0.1, -0.05) is 18.5 Å². The van der Waals surface area contributed by atoms with Crippen molar-refractivity contribution in [3.8, 4) is 0 Å². The minimum atomic E-state index is 0.329. The first-order valence-corrected chi connectivity index (χ1v) is 7.41. The van der Waals surface area contributed by atoms with Gasteiger partial charge in [-0.05, 0) is 44.2 Å². The van der Waals surface area contributed by atoms with Gasteiger partial charge in [-0.3, -0.25) is 0 Å². The van der Waals surface area contributed by atoms with E-state index in [1.54, 1.807) is 18.4 Å². The van der Waals surface area contributed by atoms with E-state index in [4.69, 9.17) is 16.3 Å². The zero-order chi connectivity index (χ0) is 12.7. The number of likely N-dealkylation sites (N-methyl/N-ethyl adjacent to an activating group) is 1. The number of ether oxygens (including phenoxy) is 1. The van der Waals surface area contributed by atoms with Crippen LogP contribution < -0.4 is 5.32 Å². The van der Waals surface area contributed by atoms with Gasteiger partial charge in [-0.25, -0.2) is 0 Å². The third-order valence-corrected chi connectivity index (χ3v) is 4.35. The van der Waals surface area contributed by atoms with Crippen molar-refractivity contribution < 1.29 is 4.74 Å². The second-order valence-electron chi connectivity index (χ2n) is 4.27. The largest absolute Gasteiger partial charge is 0.382 e. The van der Waals surface area contributed by atoms with E-state index in [2.05, 4.69) is 24.5 Å². The van der Waals surface area contributed by atoms with Crippen LogP contribution in [0.15, 0.2) is 11.4 Å². The molecular formula is C13H22ClNOS. The number of methoxy groups -OCH3 is 1. The second-order valence-corrected chi connectivity index (χ2v) is 5.68. The standard InChI is InChI=1S/C13H22ClNOS/c1-4-15-11(6-5-10(2)16-3)9-13-12(14)7-8-17-13/h7-8,10-11,15H,4-6,9H2,1-3H3. The third kappa shape index (κ3) is 5.38. The van der Waals surface area contributed by atoms with Crippen LogP contribution in [0, 0.1) is 0 Å². The van der Waals surface area contributed by atoms with Gasteiger partial charge in [0.2, 0.25) is 0 Å². The van der Waals surface area contributed by atoms with Crippen molar-refractivity contribution in [1.29, 1.82) is 0 Å². The highest BCUT2D eigenvalue weighted by atomic mass is 35.5. The van der Waals surface area contributed by atoms with Crippen molar-refractivity contribution in [3.05, 3.63) is 21.3 Å². The maximum Gasteiger partial charge on any atom is 0.0545 e. The van der Waals surface area contributed by atoms with Gasteiger partial charge < -0.3 is 10.1 Å². The Morgan fingerprint density at radius 3 is 2.76 bits per heavy atom. The number of thiophene rings is 1. The van der Waals surface area contributed by atoms with Crippen LogP contribution in [0.1, 0.15) is 31.6 Å². The summed E-state index contributed by atoms with van der Waals surface area (Å²) in [6.07, 6.45) is 3.55. The maximum absolute atomic E-state index is 6.13. The first kappa shape index (κ1) is 15.0. The molecular weight excluding hydrogens is 254 g/mol. The molecule has 17 heavy (non-hydrogen) atoms. The molecule has 2 atom stereocenters. The summed E-state index contributed by atoms with van der Waals surface area (Å²) < 4.78 is 5.29. The highest BCUT2D eigenvalue weighted by Gasteiger charge is 2.13. The Hall–Kier alpha value is -0.0900. The molecule has 0 aliphatic heterocycles. The average molecular weight is 276 g/mol. The normalized spacial score (nSPS) is 14.8. The van der Waals surface area contributed by atoms with Crippen LogP contribution in [0.25, 0.3) is 0 Å². The van der Waals surface area contributed by atoms with E-state index in [1.807, 2.05) is 6.07 Å². The SMILES string of the molecule is CCNC(CCC(C)OC)Cc1sccc1Cl. The molecule has 0 radical (unpaired) electrons. The zero-order valence-electron chi connectivity index (χ0n) is 10.8. The van der Waals surface area contributed by atoms with Crippen molar-refractivity contribution in [2.24, 2.45) is 0 Å². The summed E-state index contributed by atoms with van der Waals surface area (Å²) in [5.74, 6) is 0. The lowest BCUT2D eigenvalue weighted by Crippen LogP contribution is -2.31. The smallest absolute Gasteiger partial charge is 0.0545 e. The first-order valence-electron chi connectivity index (χ1n) is 6.15. The van der Waals surface area contributed by atoms with Crippen LogP contribution in [0.3, 0.4) is 0 Å². The fourth-order valence-electron chi connectivity index (χ4n) is 1.81. The Balaban J connectivity index is 2.45. The van der Waals surface area contributed by atoms with E-state index < -0.39 is 0 Å². The molecule has 2 nitrogen and oxygen atoms in total. The molecule has 0 amide bonds. The molecule has 0 bridgehead atoms. The molecule has 2 unspecified atom stereocenters. The molecule has 1 rings (SSSR count). The Bertz CT molecular complexity index is 316. The van der Waals surface area contributed by atoms with Crippen molar-refractivity contribution in [1.82, 2.24) is 5.32 Å². The van der Waals surface area contributed by atoms with Gasteiger partial charge in [0.1, 0.15) is 0 Å². The third-order valence-electron chi connectivity index (χ3n) is 2.94. The molecule has 1 heterocycles. The Morgan fingerprint density at radius 2 is 2.24 bits per heavy atom. The fraction of sp³-hybridized carbons (Fsp3) is 0.692. The maximum atomic E-state index is 6.13. The van der Waals surface area contributed by atoms with Crippen molar-refractivity contribution in [2.45, 2.75) is 45.3 Å². The quantitative estimate of drug-likeness (QED) is 0.780. The summed E-state index contributed by atoms with van der Waals surface area (Å²) >= 11 is 7.87. The van der Waals surface area contributed by atoms with E-state index in [-0.39, 0.29) is 0 Å². The van der Waals surface area contributed by atoms with Crippen LogP contribution in [0.5, 0.6) is 0 Å². The highest BCUT2D eigenvalue weighted by molar-refractivity contribution is 7.10. The van der Waals surface area contributed by atoms with Crippen LogP contribution in [0.4, 0.5) is 0 Å². The molecule has 0 fully saturated rings. The Labute approximate surface area is 113 Å². The number of nitrogens with one attached hydrogen (secondary N) is 1. The molecule has 0 aliphatic carbocycles. The lowest BCUT2D eigenvalue weighted by atomic mass is 10.0. The molecule has 4 heteroatoms. The first-order chi connectivity index (χ1) is 8.17. The van der Waals surface area contributed by atoms with Crippen molar-refractivity contribution >= 4 is 22.9 Å². The second kappa shape index (κ2) is 8.09. The number of halogens is 1. The van der Waals surface area contributed by atoms with Crippen LogP contribution in [0.2, 0.25) is 5.02 Å². The van der Waals surface area contributed by atoms with Gasteiger partial charge in [0.05, 0.1) is 11.1 Å². The Morgan fingerprint density at radius 1 is 1.47 bits per heavy atom. The summed E-state index contributed by atoms with van der Waals surface area (Å²) in [7, 11) is 1.77. The number of hydrogen-bond donors (Lipinski definition) is 1. The minimum Gasteiger partial charge on any atom is -0.382 e. The topological polar surface area (TPSA) is 21.3 Å². The summed E-state index contributed by atoms with van der Waals surface area (Å²) in [6.45, 7) is 5.25. The molecule has 1 N–H and O–H groups in total. The van der Waals surface area contributed by atoms with Gasteiger partial charge in [0.15, 0.2) is 0 Å². The predicted molar refractivity (Wildman–Crippen MR) is 76.2 cm³/mol. The summed E-state index contributed by atoms with van der Waals surface area (Å²) in [6, 6.07) is 2.47. The van der Waals surface area contributed by atoms with E-state index in [0.29, 0.717) is 12.1 Å². The summed E-state index contributed by atoms with van der Waals surface area (Å²) in [4.78, 5) is 1.28. The van der Waals surface area contributed by atoms with Gasteiger partial charge >= 0.3 is 0 Å². The van der Waals surface area contributed by atoms with Gasteiger partial charge in [0.25, 0.3) is 0 Å². The zero-order valence-corrected chi connectivity index (χ0v) is 12.4. The minimum absolute atomic E-state index is 0.329. The van der Waals surface area contributed by atoms with E-state index in [9.17, 15) is 0 Å². The average Bonchev–Trinajstić information content (AvgIpc) is 2.72. The highest BCUT2D eigenvalue weighted by Crippen LogP contribution is 2.24. The molecule has 0 spiro atoms. The predicted octanol–water partition coefficient (Wildman–Crippen LogP) is 3.74. The van der Waals surface area contributed by atoms with Crippen LogP contribution in [-0.2, 0) is 11.2 Å². The Kier molecular flexibility index (Phi) is 7.12. The van der Waals surface area contributed by atoms with Gasteiger partial charge in [-0.15, -0.1) is 11.3 Å². The van der Waals surface area contributed by atoms with Gasteiger partial charge in [0, 0.05) is 18.0 Å². The van der Waals surface area contributed by atoms with E-state index in [0.717, 1.165) is 30.8 Å². The summed E-state index contributed by atoms with van der Waals surface area (Å²) in [5.41, 5.74) is 0. The molecule has 1 aromatic rings.